The van der Waals surface area contributed by atoms with Gasteiger partial charge >= 0.3 is 0 Å². The monoisotopic (exact) mass is 366 g/mol. The van der Waals surface area contributed by atoms with Crippen LogP contribution in [0.15, 0.2) is 46.0 Å². The van der Waals surface area contributed by atoms with Crippen LogP contribution in [0, 0.1) is 0 Å². The minimum atomic E-state index is -3.55. The fraction of sp³-hybridized carbons (Fsp3) is 0.353. The van der Waals surface area contributed by atoms with Gasteiger partial charge in [0.05, 0.1) is 5.69 Å². The Kier molecular flexibility index (Phi) is 6.39. The van der Waals surface area contributed by atoms with Gasteiger partial charge in [0.15, 0.2) is 0 Å². The van der Waals surface area contributed by atoms with Gasteiger partial charge in [-0.1, -0.05) is 25.8 Å². The molecule has 1 N–H and O–H groups in total. The Morgan fingerprint density at radius 3 is 2.46 bits per heavy atom. The van der Waals surface area contributed by atoms with Crippen LogP contribution in [0.4, 0.5) is 5.69 Å². The number of carbonyl (C=O) groups excluding carboxylic acids is 1. The van der Waals surface area contributed by atoms with Gasteiger partial charge in [0.2, 0.25) is 0 Å². The Morgan fingerprint density at radius 2 is 1.88 bits per heavy atom. The first-order valence-electron chi connectivity index (χ1n) is 7.87. The lowest BCUT2D eigenvalue weighted by Gasteiger charge is -2.18. The molecule has 0 bridgehead atoms. The zero-order valence-electron chi connectivity index (χ0n) is 13.9. The maximum absolute atomic E-state index is 12.5. The lowest BCUT2D eigenvalue weighted by molar-refractivity contribution is 0.0953. The van der Waals surface area contributed by atoms with Crippen LogP contribution < -0.4 is 9.62 Å². The standard InChI is InChI=1S/C17H22N2O3S2/c1-3-4-5-12-18-17(20)14-8-10-15(11-9-14)19(2)24(21,22)16-7-6-13-23-16/h6-11,13H,3-5,12H2,1-2H3,(H,18,20). The number of thiophene rings is 1. The van der Waals surface area contributed by atoms with Crippen LogP contribution >= 0.6 is 11.3 Å². The second kappa shape index (κ2) is 8.30. The highest BCUT2D eigenvalue weighted by atomic mass is 32.2. The molecule has 130 valence electrons. The molecule has 1 amide bonds. The number of anilines is 1. The molecular formula is C17H22N2O3S2. The number of carbonyl (C=O) groups is 1. The molecule has 0 spiro atoms. The van der Waals surface area contributed by atoms with E-state index in [1.165, 1.54) is 22.7 Å². The third-order valence-electron chi connectivity index (χ3n) is 3.67. The number of rotatable bonds is 8. The highest BCUT2D eigenvalue weighted by Crippen LogP contribution is 2.25. The number of unbranched alkanes of at least 4 members (excludes halogenated alkanes) is 2. The Bertz CT molecular complexity index is 754. The molecule has 0 radical (unpaired) electrons. The first-order chi connectivity index (χ1) is 11.5. The zero-order valence-corrected chi connectivity index (χ0v) is 15.5. The first kappa shape index (κ1) is 18.5. The second-order valence-corrected chi connectivity index (χ2v) is 8.56. The predicted molar refractivity (Wildman–Crippen MR) is 98.2 cm³/mol. The molecule has 1 aromatic carbocycles. The summed E-state index contributed by atoms with van der Waals surface area (Å²) in [5.74, 6) is -0.138. The lowest BCUT2D eigenvalue weighted by Crippen LogP contribution is -2.26. The molecule has 5 nitrogen and oxygen atoms in total. The molecule has 0 unspecified atom stereocenters. The van der Waals surface area contributed by atoms with Gasteiger partial charge in [-0.05, 0) is 42.1 Å². The fourth-order valence-electron chi connectivity index (χ4n) is 2.19. The minimum absolute atomic E-state index is 0.138. The molecular weight excluding hydrogens is 344 g/mol. The van der Waals surface area contributed by atoms with Crippen LogP contribution in [0.25, 0.3) is 0 Å². The second-order valence-electron chi connectivity index (χ2n) is 5.41. The van der Waals surface area contributed by atoms with E-state index in [4.69, 9.17) is 0 Å². The van der Waals surface area contributed by atoms with Crippen LogP contribution in [0.3, 0.4) is 0 Å². The molecule has 7 heteroatoms. The van der Waals surface area contributed by atoms with Crippen molar-refractivity contribution in [3.63, 3.8) is 0 Å². The quantitative estimate of drug-likeness (QED) is 0.727. The SMILES string of the molecule is CCCCCNC(=O)c1ccc(N(C)S(=O)(=O)c2cccs2)cc1. The summed E-state index contributed by atoms with van der Waals surface area (Å²) in [7, 11) is -2.04. The molecule has 1 heterocycles. The summed E-state index contributed by atoms with van der Waals surface area (Å²) in [6.07, 6.45) is 3.16. The number of hydrogen-bond acceptors (Lipinski definition) is 4. The molecule has 0 aliphatic carbocycles. The third kappa shape index (κ3) is 4.36. The first-order valence-corrected chi connectivity index (χ1v) is 10.2. The average Bonchev–Trinajstić information content (AvgIpc) is 3.13. The summed E-state index contributed by atoms with van der Waals surface area (Å²) in [5.41, 5.74) is 1.04. The number of nitrogens with one attached hydrogen (secondary N) is 1. The highest BCUT2D eigenvalue weighted by Gasteiger charge is 2.22. The van der Waals surface area contributed by atoms with E-state index in [1.54, 1.807) is 41.8 Å². The number of sulfonamides is 1. The van der Waals surface area contributed by atoms with Crippen molar-refractivity contribution in [1.82, 2.24) is 5.32 Å². The predicted octanol–water partition coefficient (Wildman–Crippen LogP) is 3.49. The fourth-order valence-corrected chi connectivity index (χ4v) is 4.54. The van der Waals surface area contributed by atoms with Gasteiger partial charge in [-0.25, -0.2) is 8.42 Å². The normalized spacial score (nSPS) is 11.2. The topological polar surface area (TPSA) is 66.5 Å². The van der Waals surface area contributed by atoms with E-state index in [9.17, 15) is 13.2 Å². The van der Waals surface area contributed by atoms with Crippen molar-refractivity contribution in [1.29, 1.82) is 0 Å². The summed E-state index contributed by atoms with van der Waals surface area (Å²) in [5, 5.41) is 4.59. The molecule has 2 aromatic rings. The van der Waals surface area contributed by atoms with E-state index in [0.29, 0.717) is 22.0 Å². The molecule has 0 atom stereocenters. The lowest BCUT2D eigenvalue weighted by atomic mass is 10.2. The van der Waals surface area contributed by atoms with E-state index >= 15 is 0 Å². The smallest absolute Gasteiger partial charge is 0.273 e. The van der Waals surface area contributed by atoms with Crippen LogP contribution in [-0.4, -0.2) is 27.9 Å². The Labute approximate surface area is 147 Å². The highest BCUT2D eigenvalue weighted by molar-refractivity contribution is 7.94. The van der Waals surface area contributed by atoms with Crippen molar-refractivity contribution in [2.24, 2.45) is 0 Å². The van der Waals surface area contributed by atoms with E-state index in [-0.39, 0.29) is 5.91 Å². The maximum atomic E-state index is 12.5. The summed E-state index contributed by atoms with van der Waals surface area (Å²) in [6.45, 7) is 2.77. The van der Waals surface area contributed by atoms with Crippen LogP contribution in [-0.2, 0) is 10.0 Å². The van der Waals surface area contributed by atoms with Gasteiger partial charge in [-0.2, -0.15) is 0 Å². The molecule has 0 saturated heterocycles. The molecule has 2 rings (SSSR count). The van der Waals surface area contributed by atoms with Crippen molar-refractivity contribution >= 4 is 33.0 Å². The van der Waals surface area contributed by atoms with Gasteiger partial charge in [0.1, 0.15) is 4.21 Å². The molecule has 1 aromatic heterocycles. The van der Waals surface area contributed by atoms with Crippen LogP contribution in [0.1, 0.15) is 36.5 Å². The van der Waals surface area contributed by atoms with Crippen molar-refractivity contribution in [3.05, 3.63) is 47.3 Å². The molecule has 0 fully saturated rings. The molecule has 24 heavy (non-hydrogen) atoms. The largest absolute Gasteiger partial charge is 0.352 e. The van der Waals surface area contributed by atoms with Gasteiger partial charge < -0.3 is 5.32 Å². The Hall–Kier alpha value is -1.86. The van der Waals surface area contributed by atoms with E-state index < -0.39 is 10.0 Å². The summed E-state index contributed by atoms with van der Waals surface area (Å²) in [6, 6.07) is 9.86. The van der Waals surface area contributed by atoms with Crippen molar-refractivity contribution in [3.8, 4) is 0 Å². The third-order valence-corrected chi connectivity index (χ3v) is 6.83. The zero-order chi connectivity index (χ0) is 17.6. The number of amides is 1. The summed E-state index contributed by atoms with van der Waals surface area (Å²) < 4.78 is 26.5. The molecule has 0 aliphatic heterocycles. The average molecular weight is 367 g/mol. The minimum Gasteiger partial charge on any atom is -0.352 e. The van der Waals surface area contributed by atoms with Crippen molar-refractivity contribution < 1.29 is 13.2 Å². The number of nitrogens with zero attached hydrogens (tertiary/aromatic N) is 1. The van der Waals surface area contributed by atoms with Crippen LogP contribution in [0.5, 0.6) is 0 Å². The van der Waals surface area contributed by atoms with E-state index in [0.717, 1.165) is 19.3 Å². The van der Waals surface area contributed by atoms with Gasteiger partial charge in [-0.15, -0.1) is 11.3 Å². The van der Waals surface area contributed by atoms with Crippen molar-refractivity contribution in [2.45, 2.75) is 30.4 Å². The summed E-state index contributed by atoms with van der Waals surface area (Å²) in [4.78, 5) is 12.0. The molecule has 0 aliphatic rings. The molecule has 0 saturated carbocycles. The van der Waals surface area contributed by atoms with Gasteiger partial charge in [0, 0.05) is 19.2 Å². The van der Waals surface area contributed by atoms with Gasteiger partial charge in [0.25, 0.3) is 15.9 Å². The number of hydrogen-bond donors (Lipinski definition) is 1. The van der Waals surface area contributed by atoms with Crippen molar-refractivity contribution in [2.75, 3.05) is 17.9 Å². The Balaban J connectivity index is 2.05. The van der Waals surface area contributed by atoms with E-state index in [2.05, 4.69) is 12.2 Å². The van der Waals surface area contributed by atoms with Gasteiger partial charge in [-0.3, -0.25) is 9.10 Å². The summed E-state index contributed by atoms with van der Waals surface area (Å²) >= 11 is 1.18. The maximum Gasteiger partial charge on any atom is 0.273 e. The van der Waals surface area contributed by atoms with E-state index in [1.807, 2.05) is 0 Å². The number of benzene rings is 1. The Morgan fingerprint density at radius 1 is 1.17 bits per heavy atom. The van der Waals surface area contributed by atoms with Crippen LogP contribution in [0.2, 0.25) is 0 Å².